The minimum absolute atomic E-state index is 0.0914. The molecule has 2 aliphatic rings. The molecule has 7 heteroatoms. The second-order valence-corrected chi connectivity index (χ2v) is 8.22. The van der Waals surface area contributed by atoms with Crippen LogP contribution in [-0.2, 0) is 10.5 Å². The smallest absolute Gasteiger partial charge is 0.247 e. The number of nitrogens with zero attached hydrogens (tertiary/aromatic N) is 3. The maximum absolute atomic E-state index is 13.4. The average molecular weight is 435 g/mol. The van der Waals surface area contributed by atoms with Gasteiger partial charge in [-0.3, -0.25) is 4.79 Å². The van der Waals surface area contributed by atoms with Crippen molar-refractivity contribution in [3.8, 4) is 11.5 Å². The van der Waals surface area contributed by atoms with Crippen LogP contribution in [0.2, 0.25) is 0 Å². The van der Waals surface area contributed by atoms with Crippen molar-refractivity contribution in [3.63, 3.8) is 0 Å². The number of hydrogen-bond acceptors (Lipinski definition) is 4. The van der Waals surface area contributed by atoms with Gasteiger partial charge in [0.1, 0.15) is 17.6 Å². The number of fused-ring (bicyclic) bond motifs is 1. The van der Waals surface area contributed by atoms with Crippen LogP contribution in [0.5, 0.6) is 0 Å². The van der Waals surface area contributed by atoms with Gasteiger partial charge < -0.3 is 9.88 Å². The van der Waals surface area contributed by atoms with E-state index in [2.05, 4.69) is 15.3 Å². The van der Waals surface area contributed by atoms with E-state index in [-0.39, 0.29) is 11.7 Å². The fourth-order valence-electron chi connectivity index (χ4n) is 3.45. The van der Waals surface area contributed by atoms with Gasteiger partial charge in [0.2, 0.25) is 5.91 Å². The number of aryl methyl sites for hydroxylation is 1. The lowest BCUT2D eigenvalue weighted by Gasteiger charge is -2.21. The van der Waals surface area contributed by atoms with Gasteiger partial charge in [0, 0.05) is 17.6 Å². The van der Waals surface area contributed by atoms with E-state index in [9.17, 15) is 9.18 Å². The van der Waals surface area contributed by atoms with Crippen molar-refractivity contribution in [1.82, 2.24) is 14.5 Å². The monoisotopic (exact) mass is 434 g/mol. The SMILES string of the molecule is CCC(C(=O)Nc1ccccc1C)n1cccc2nc(SCc3cccc(F)c3)nc1-2. The third kappa shape index (κ3) is 4.77. The molecular weight excluding hydrogens is 411 g/mol. The normalized spacial score (nSPS) is 12.1. The minimum atomic E-state index is -0.416. The quantitative estimate of drug-likeness (QED) is 0.378. The van der Waals surface area contributed by atoms with Gasteiger partial charge in [-0.25, -0.2) is 14.4 Å². The number of carbonyl (C=O) groups excluding carboxylic acids is 1. The molecule has 1 N–H and O–H groups in total. The Balaban J connectivity index is 1.56. The topological polar surface area (TPSA) is 59.8 Å². The Kier molecular flexibility index (Phi) is 6.32. The number of aromatic nitrogens is 3. The van der Waals surface area contributed by atoms with Gasteiger partial charge in [0.25, 0.3) is 0 Å². The van der Waals surface area contributed by atoms with Crippen molar-refractivity contribution in [2.24, 2.45) is 0 Å². The first-order valence-corrected chi connectivity index (χ1v) is 11.1. The summed E-state index contributed by atoms with van der Waals surface area (Å²) in [5.74, 6) is 0.885. The van der Waals surface area contributed by atoms with Crippen LogP contribution in [0.15, 0.2) is 72.0 Å². The van der Waals surface area contributed by atoms with Crippen LogP contribution in [-0.4, -0.2) is 20.4 Å². The molecule has 2 heterocycles. The highest BCUT2D eigenvalue weighted by Gasteiger charge is 2.24. The van der Waals surface area contributed by atoms with Gasteiger partial charge in [-0.2, -0.15) is 0 Å². The predicted molar refractivity (Wildman–Crippen MR) is 122 cm³/mol. The fraction of sp³-hybridized carbons (Fsp3) is 0.208. The van der Waals surface area contributed by atoms with Crippen LogP contribution in [0.25, 0.3) is 11.5 Å². The Labute approximate surface area is 185 Å². The summed E-state index contributed by atoms with van der Waals surface area (Å²) in [6, 6.07) is 17.6. The number of thioether (sulfide) groups is 1. The Bertz CT molecular complexity index is 1180. The zero-order chi connectivity index (χ0) is 21.8. The number of benzene rings is 2. The van der Waals surface area contributed by atoms with Crippen LogP contribution in [0.1, 0.15) is 30.5 Å². The molecule has 0 bridgehead atoms. The Morgan fingerprint density at radius 1 is 1.13 bits per heavy atom. The lowest BCUT2D eigenvalue weighted by atomic mass is 10.1. The summed E-state index contributed by atoms with van der Waals surface area (Å²) >= 11 is 1.45. The summed E-state index contributed by atoms with van der Waals surface area (Å²) < 4.78 is 15.3. The van der Waals surface area contributed by atoms with Crippen molar-refractivity contribution >= 4 is 23.4 Å². The molecule has 0 spiro atoms. The summed E-state index contributed by atoms with van der Waals surface area (Å²) in [6.07, 6.45) is 2.48. The van der Waals surface area contributed by atoms with E-state index in [1.54, 1.807) is 6.07 Å². The number of para-hydroxylation sites is 1. The number of halogens is 1. The molecule has 2 aliphatic heterocycles. The Hall–Kier alpha value is -3.19. The van der Waals surface area contributed by atoms with E-state index in [1.807, 2.05) is 67.1 Å². The lowest BCUT2D eigenvalue weighted by Crippen LogP contribution is -2.27. The second-order valence-electron chi connectivity index (χ2n) is 7.28. The molecule has 0 aliphatic carbocycles. The zero-order valence-corrected chi connectivity index (χ0v) is 18.2. The first kappa shape index (κ1) is 21.1. The molecule has 0 saturated heterocycles. The average Bonchev–Trinajstić information content (AvgIpc) is 3.18. The van der Waals surface area contributed by atoms with Crippen molar-refractivity contribution in [2.45, 2.75) is 37.2 Å². The number of rotatable bonds is 7. The number of hydrogen-bond donors (Lipinski definition) is 1. The van der Waals surface area contributed by atoms with E-state index >= 15 is 0 Å². The van der Waals surface area contributed by atoms with Crippen molar-refractivity contribution < 1.29 is 9.18 Å². The summed E-state index contributed by atoms with van der Waals surface area (Å²) in [4.78, 5) is 22.3. The number of nitrogens with one attached hydrogen (secondary N) is 1. The largest absolute Gasteiger partial charge is 0.324 e. The zero-order valence-electron chi connectivity index (χ0n) is 17.4. The summed E-state index contributed by atoms with van der Waals surface area (Å²) in [5.41, 5.74) is 3.42. The first-order chi connectivity index (χ1) is 15.0. The van der Waals surface area contributed by atoms with Crippen LogP contribution in [0.4, 0.5) is 10.1 Å². The van der Waals surface area contributed by atoms with E-state index in [1.165, 1.54) is 23.9 Å². The van der Waals surface area contributed by atoms with Gasteiger partial charge in [-0.05, 0) is 54.8 Å². The molecule has 1 unspecified atom stereocenters. The predicted octanol–water partition coefficient (Wildman–Crippen LogP) is 5.71. The lowest BCUT2D eigenvalue weighted by molar-refractivity contribution is -0.119. The first-order valence-electron chi connectivity index (χ1n) is 10.1. The summed E-state index contributed by atoms with van der Waals surface area (Å²) in [7, 11) is 0. The Morgan fingerprint density at radius 3 is 2.74 bits per heavy atom. The summed E-state index contributed by atoms with van der Waals surface area (Å²) in [5, 5.41) is 3.64. The van der Waals surface area contributed by atoms with Crippen LogP contribution in [0.3, 0.4) is 0 Å². The second kappa shape index (κ2) is 9.31. The molecule has 1 atom stereocenters. The molecule has 4 rings (SSSR count). The van der Waals surface area contributed by atoms with Gasteiger partial charge in [0.15, 0.2) is 11.0 Å². The highest BCUT2D eigenvalue weighted by molar-refractivity contribution is 7.98. The highest BCUT2D eigenvalue weighted by atomic mass is 32.2. The van der Waals surface area contributed by atoms with E-state index in [0.29, 0.717) is 23.2 Å². The molecule has 0 radical (unpaired) electrons. The van der Waals surface area contributed by atoms with Crippen LogP contribution < -0.4 is 5.32 Å². The van der Waals surface area contributed by atoms with Crippen LogP contribution >= 0.6 is 11.8 Å². The molecule has 158 valence electrons. The van der Waals surface area contributed by atoms with Crippen LogP contribution in [0, 0.1) is 12.7 Å². The van der Waals surface area contributed by atoms with Gasteiger partial charge in [-0.15, -0.1) is 0 Å². The standard InChI is InChI=1S/C24H23FN4OS/c1-3-21(23(30)26-19-11-5-4-8-16(19)2)29-13-7-12-20-22(29)28-24(27-20)31-15-17-9-6-10-18(25)14-17/h4-14,21H,3,15H2,1-2H3,(H,26,30). The molecular formula is C24H23FN4OS. The molecule has 0 fully saturated rings. The molecule has 0 saturated carbocycles. The molecule has 2 aromatic rings. The van der Waals surface area contributed by atoms with E-state index < -0.39 is 6.04 Å². The minimum Gasteiger partial charge on any atom is -0.324 e. The van der Waals surface area contributed by atoms with Crippen molar-refractivity contribution in [2.75, 3.05) is 5.32 Å². The number of amides is 1. The molecule has 5 nitrogen and oxygen atoms in total. The van der Waals surface area contributed by atoms with E-state index in [0.717, 1.165) is 22.5 Å². The number of anilines is 1. The summed E-state index contributed by atoms with van der Waals surface area (Å²) in [6.45, 7) is 3.94. The van der Waals surface area contributed by atoms with Crippen molar-refractivity contribution in [3.05, 3.63) is 83.8 Å². The number of carbonyl (C=O) groups is 1. The molecule has 0 aromatic heterocycles. The van der Waals surface area contributed by atoms with Gasteiger partial charge >= 0.3 is 0 Å². The van der Waals surface area contributed by atoms with E-state index in [4.69, 9.17) is 0 Å². The Morgan fingerprint density at radius 2 is 1.97 bits per heavy atom. The molecule has 31 heavy (non-hydrogen) atoms. The fourth-order valence-corrected chi connectivity index (χ4v) is 4.24. The number of pyridine rings is 1. The number of imidazole rings is 1. The third-order valence-corrected chi connectivity index (χ3v) is 6.00. The molecule has 2 aromatic carbocycles. The highest BCUT2D eigenvalue weighted by Crippen LogP contribution is 2.29. The van der Waals surface area contributed by atoms with Gasteiger partial charge in [-0.1, -0.05) is 49.0 Å². The molecule has 1 amide bonds. The maximum Gasteiger partial charge on any atom is 0.247 e. The van der Waals surface area contributed by atoms with Crippen molar-refractivity contribution in [1.29, 1.82) is 0 Å². The maximum atomic E-state index is 13.4. The van der Waals surface area contributed by atoms with Gasteiger partial charge in [0.05, 0.1) is 0 Å². The third-order valence-electron chi connectivity index (χ3n) is 5.08.